The van der Waals surface area contributed by atoms with Crippen molar-refractivity contribution in [3.63, 3.8) is 0 Å². The number of aromatic nitrogens is 1. The Labute approximate surface area is 113 Å². The van der Waals surface area contributed by atoms with Crippen LogP contribution in [0.5, 0.6) is 0 Å². The van der Waals surface area contributed by atoms with Crippen molar-refractivity contribution in [1.82, 2.24) is 9.88 Å². The molecule has 0 amide bonds. The second-order valence-electron chi connectivity index (χ2n) is 6.31. The number of piperidine rings is 1. The number of aromatic amines is 1. The number of likely N-dealkylation sites (tertiary alicyclic amines) is 1. The number of rotatable bonds is 0. The number of hydrogen-bond acceptors (Lipinski definition) is 2. The number of fused-ring (bicyclic) bond motifs is 2. The molecule has 3 nitrogen and oxygen atoms in total. The lowest BCUT2D eigenvalue weighted by atomic mass is 9.74. The quantitative estimate of drug-likeness (QED) is 0.757. The van der Waals surface area contributed by atoms with Crippen molar-refractivity contribution in [2.24, 2.45) is 5.73 Å². The SMILES string of the molecule is Cc1[nH]c2cccc3c2c1C[C@@H]1[C@@H]3C[C@H](N)CN1C. The number of H-pyrrole nitrogens is 1. The molecule has 3 N–H and O–H groups in total. The van der Waals surface area contributed by atoms with E-state index in [1.807, 2.05) is 0 Å². The summed E-state index contributed by atoms with van der Waals surface area (Å²) in [5.41, 5.74) is 11.9. The minimum atomic E-state index is 0.308. The van der Waals surface area contributed by atoms with Crippen molar-refractivity contribution in [3.8, 4) is 0 Å². The van der Waals surface area contributed by atoms with Gasteiger partial charge >= 0.3 is 0 Å². The van der Waals surface area contributed by atoms with Crippen molar-refractivity contribution in [2.75, 3.05) is 13.6 Å². The normalized spacial score (nSPS) is 30.6. The van der Waals surface area contributed by atoms with Crippen LogP contribution in [-0.2, 0) is 6.42 Å². The zero-order valence-electron chi connectivity index (χ0n) is 11.6. The average Bonchev–Trinajstić information content (AvgIpc) is 2.69. The van der Waals surface area contributed by atoms with Gasteiger partial charge in [-0.3, -0.25) is 0 Å². The maximum atomic E-state index is 6.24. The van der Waals surface area contributed by atoms with Crippen LogP contribution in [0.2, 0.25) is 0 Å². The van der Waals surface area contributed by atoms with Crippen molar-refractivity contribution in [2.45, 2.75) is 37.8 Å². The lowest BCUT2D eigenvalue weighted by molar-refractivity contribution is 0.141. The van der Waals surface area contributed by atoms with E-state index in [-0.39, 0.29) is 0 Å². The Balaban J connectivity index is 1.95. The number of hydrogen-bond donors (Lipinski definition) is 2. The molecule has 100 valence electrons. The first kappa shape index (κ1) is 11.5. The van der Waals surface area contributed by atoms with Crippen LogP contribution in [0.15, 0.2) is 18.2 Å². The Morgan fingerprint density at radius 2 is 2.21 bits per heavy atom. The summed E-state index contributed by atoms with van der Waals surface area (Å²) in [7, 11) is 2.23. The van der Waals surface area contributed by atoms with E-state index in [4.69, 9.17) is 5.73 Å². The molecule has 0 saturated carbocycles. The van der Waals surface area contributed by atoms with Gasteiger partial charge < -0.3 is 15.6 Å². The fraction of sp³-hybridized carbons (Fsp3) is 0.500. The Bertz CT molecular complexity index is 643. The molecule has 1 aromatic heterocycles. The van der Waals surface area contributed by atoms with E-state index in [2.05, 4.69) is 42.1 Å². The number of likely N-dealkylation sites (N-methyl/N-ethyl adjacent to an activating group) is 1. The van der Waals surface area contributed by atoms with E-state index in [9.17, 15) is 0 Å². The molecule has 3 atom stereocenters. The third-order valence-electron chi connectivity index (χ3n) is 5.10. The molecule has 1 aromatic carbocycles. The Morgan fingerprint density at radius 3 is 3.05 bits per heavy atom. The molecule has 1 aliphatic heterocycles. The largest absolute Gasteiger partial charge is 0.358 e. The van der Waals surface area contributed by atoms with Crippen LogP contribution in [-0.4, -0.2) is 35.6 Å². The minimum Gasteiger partial charge on any atom is -0.358 e. The first-order valence-corrected chi connectivity index (χ1v) is 7.21. The van der Waals surface area contributed by atoms with E-state index in [0.29, 0.717) is 18.0 Å². The molecule has 0 bridgehead atoms. The summed E-state index contributed by atoms with van der Waals surface area (Å²) in [5.74, 6) is 0.597. The monoisotopic (exact) mass is 255 g/mol. The van der Waals surface area contributed by atoms with Crippen LogP contribution >= 0.6 is 0 Å². The summed E-state index contributed by atoms with van der Waals surface area (Å²) < 4.78 is 0. The van der Waals surface area contributed by atoms with Gasteiger partial charge in [0.05, 0.1) is 0 Å². The molecule has 4 rings (SSSR count). The average molecular weight is 255 g/mol. The molecule has 3 heteroatoms. The standard InChI is InChI=1S/C16H21N3/c1-9-12-7-15-13(6-10(17)8-19(15)2)11-4-3-5-14(18-9)16(11)12/h3-5,10,13,15,18H,6-8,17H2,1-2H3/t10-,13+,15+/m0/s1. The number of nitrogens with one attached hydrogen (secondary N) is 1. The van der Waals surface area contributed by atoms with E-state index >= 15 is 0 Å². The fourth-order valence-corrected chi connectivity index (χ4v) is 4.25. The lowest BCUT2D eigenvalue weighted by Gasteiger charge is -2.44. The van der Waals surface area contributed by atoms with Crippen molar-refractivity contribution < 1.29 is 0 Å². The van der Waals surface area contributed by atoms with Gasteiger partial charge in [0.15, 0.2) is 0 Å². The summed E-state index contributed by atoms with van der Waals surface area (Å²) in [6, 6.07) is 7.61. The number of aryl methyl sites for hydroxylation is 1. The van der Waals surface area contributed by atoms with Gasteiger partial charge in [-0.25, -0.2) is 0 Å². The van der Waals surface area contributed by atoms with Gasteiger partial charge in [-0.15, -0.1) is 0 Å². The molecular formula is C16H21N3. The summed E-state index contributed by atoms with van der Waals surface area (Å²) in [6.45, 7) is 3.23. The fourth-order valence-electron chi connectivity index (χ4n) is 4.25. The van der Waals surface area contributed by atoms with Crippen LogP contribution in [0, 0.1) is 6.92 Å². The van der Waals surface area contributed by atoms with Crippen molar-refractivity contribution in [1.29, 1.82) is 0 Å². The van der Waals surface area contributed by atoms with Gasteiger partial charge in [0.2, 0.25) is 0 Å². The zero-order chi connectivity index (χ0) is 13.1. The number of nitrogens with zero attached hydrogens (tertiary/aromatic N) is 1. The Kier molecular flexibility index (Phi) is 2.32. The van der Waals surface area contributed by atoms with Gasteiger partial charge in [-0.05, 0) is 44.0 Å². The summed E-state index contributed by atoms with van der Waals surface area (Å²) in [6.07, 6.45) is 2.29. The van der Waals surface area contributed by atoms with Gasteiger partial charge in [-0.2, -0.15) is 0 Å². The molecule has 0 unspecified atom stereocenters. The van der Waals surface area contributed by atoms with Crippen molar-refractivity contribution in [3.05, 3.63) is 35.0 Å². The maximum absolute atomic E-state index is 6.24. The molecule has 0 radical (unpaired) electrons. The molecule has 2 aliphatic rings. The predicted octanol–water partition coefficient (Wildman–Crippen LogP) is 2.15. The van der Waals surface area contributed by atoms with Gasteiger partial charge in [0.1, 0.15) is 0 Å². The molecule has 1 aliphatic carbocycles. The van der Waals surface area contributed by atoms with E-state index < -0.39 is 0 Å². The molecule has 1 saturated heterocycles. The zero-order valence-corrected chi connectivity index (χ0v) is 11.6. The molecule has 2 aromatic rings. The second kappa shape index (κ2) is 3.84. The number of nitrogens with two attached hydrogens (primary N) is 1. The third kappa shape index (κ3) is 1.52. The smallest absolute Gasteiger partial charge is 0.0461 e. The highest BCUT2D eigenvalue weighted by Crippen LogP contribution is 2.43. The van der Waals surface area contributed by atoms with E-state index in [1.165, 1.54) is 27.7 Å². The van der Waals surface area contributed by atoms with Gasteiger partial charge in [-0.1, -0.05) is 12.1 Å². The van der Waals surface area contributed by atoms with E-state index in [0.717, 1.165) is 19.4 Å². The minimum absolute atomic E-state index is 0.308. The molecule has 2 heterocycles. The van der Waals surface area contributed by atoms with E-state index in [1.54, 1.807) is 0 Å². The topological polar surface area (TPSA) is 45.1 Å². The highest BCUT2D eigenvalue weighted by Gasteiger charge is 2.38. The molecular weight excluding hydrogens is 234 g/mol. The maximum Gasteiger partial charge on any atom is 0.0461 e. The second-order valence-corrected chi connectivity index (χ2v) is 6.31. The summed E-state index contributed by atoms with van der Waals surface area (Å²) in [4.78, 5) is 6.01. The van der Waals surface area contributed by atoms with Crippen LogP contribution in [0.25, 0.3) is 10.9 Å². The summed E-state index contributed by atoms with van der Waals surface area (Å²) >= 11 is 0. The number of benzene rings is 1. The highest BCUT2D eigenvalue weighted by atomic mass is 15.2. The van der Waals surface area contributed by atoms with Gasteiger partial charge in [0.25, 0.3) is 0 Å². The predicted molar refractivity (Wildman–Crippen MR) is 78.5 cm³/mol. The van der Waals surface area contributed by atoms with Crippen molar-refractivity contribution >= 4 is 10.9 Å². The van der Waals surface area contributed by atoms with Crippen LogP contribution in [0.3, 0.4) is 0 Å². The molecule has 1 fully saturated rings. The molecule has 19 heavy (non-hydrogen) atoms. The lowest BCUT2D eigenvalue weighted by Crippen LogP contribution is -2.52. The van der Waals surface area contributed by atoms with Crippen LogP contribution < -0.4 is 5.73 Å². The van der Waals surface area contributed by atoms with Crippen LogP contribution in [0.4, 0.5) is 0 Å². The highest BCUT2D eigenvalue weighted by molar-refractivity contribution is 5.89. The third-order valence-corrected chi connectivity index (χ3v) is 5.10. The Hall–Kier alpha value is -1.32. The first-order valence-electron chi connectivity index (χ1n) is 7.21. The van der Waals surface area contributed by atoms with Crippen LogP contribution in [0.1, 0.15) is 29.2 Å². The van der Waals surface area contributed by atoms with Gasteiger partial charge in [0, 0.05) is 41.1 Å². The summed E-state index contributed by atoms with van der Waals surface area (Å²) in [5, 5.41) is 1.48. The Morgan fingerprint density at radius 1 is 1.37 bits per heavy atom. The molecule has 0 spiro atoms. The first-order chi connectivity index (χ1) is 9.15.